The molecule has 0 aliphatic rings. The van der Waals surface area contributed by atoms with Crippen molar-refractivity contribution in [1.29, 1.82) is 0 Å². The first-order valence-electron chi connectivity index (χ1n) is 9.46. The van der Waals surface area contributed by atoms with Gasteiger partial charge < -0.3 is 37.7 Å². The molecule has 0 rings (SSSR count). The van der Waals surface area contributed by atoms with Gasteiger partial charge in [0, 0.05) is 25.4 Å². The summed E-state index contributed by atoms with van der Waals surface area (Å²) < 4.78 is 34.0. The van der Waals surface area contributed by atoms with Gasteiger partial charge in [-0.1, -0.05) is 13.8 Å². The van der Waals surface area contributed by atoms with Gasteiger partial charge in [0.25, 0.3) is 0 Å². The monoisotopic (exact) mass is 398 g/mol. The summed E-state index contributed by atoms with van der Waals surface area (Å²) in [4.78, 5) is 0. The molecule has 0 aliphatic heterocycles. The van der Waals surface area contributed by atoms with Gasteiger partial charge in [-0.15, -0.1) is 0 Å². The van der Waals surface area contributed by atoms with Crippen molar-refractivity contribution in [3.05, 3.63) is 0 Å². The maximum Gasteiger partial charge on any atom is 0.503 e. The number of hydrogen-bond donors (Lipinski definition) is 2. The van der Waals surface area contributed by atoms with Gasteiger partial charge in [-0.25, -0.2) is 0 Å². The zero-order valence-electron chi connectivity index (χ0n) is 16.8. The Bertz CT molecular complexity index is 300. The van der Waals surface area contributed by atoms with E-state index in [-0.39, 0.29) is 24.9 Å². The Balaban J connectivity index is 4.12. The van der Waals surface area contributed by atoms with Crippen LogP contribution in [0.15, 0.2) is 0 Å². The van der Waals surface area contributed by atoms with Gasteiger partial charge in [0.05, 0.1) is 52.4 Å². The summed E-state index contributed by atoms with van der Waals surface area (Å²) in [6.45, 7) is 11.3. The predicted octanol–water partition coefficient (Wildman–Crippen LogP) is 1.22. The highest BCUT2D eigenvalue weighted by molar-refractivity contribution is 6.62. The second-order valence-corrected chi connectivity index (χ2v) is 9.12. The standard InChI is InChI=1S/C17H38O8Si/c1-5-23-26(16(3)4,24-6-2)25-14-12-21-15-17(7-8-18)22-13-11-20-10-9-19/h16-19H,5-15H2,1-4H3. The van der Waals surface area contributed by atoms with E-state index >= 15 is 0 Å². The maximum atomic E-state index is 9.11. The Hall–Kier alpha value is -0.103. The minimum absolute atomic E-state index is 0.00610. The van der Waals surface area contributed by atoms with Crippen molar-refractivity contribution in [3.8, 4) is 0 Å². The molecule has 0 saturated carbocycles. The molecule has 8 nitrogen and oxygen atoms in total. The lowest BCUT2D eigenvalue weighted by atomic mass is 10.3. The molecule has 0 fully saturated rings. The average molecular weight is 399 g/mol. The van der Waals surface area contributed by atoms with Crippen LogP contribution in [-0.4, -0.2) is 91.2 Å². The molecule has 0 aromatic heterocycles. The SMILES string of the molecule is CCO[Si](OCC)(OCCOCC(CCO)OCCOCCO)C(C)C. The second kappa shape index (κ2) is 17.0. The van der Waals surface area contributed by atoms with Crippen LogP contribution in [0.5, 0.6) is 0 Å². The van der Waals surface area contributed by atoms with Gasteiger partial charge in [0.2, 0.25) is 0 Å². The Morgan fingerprint density at radius 2 is 1.42 bits per heavy atom. The Labute approximate surface area is 159 Å². The second-order valence-electron chi connectivity index (χ2n) is 5.89. The van der Waals surface area contributed by atoms with Crippen LogP contribution in [0.25, 0.3) is 0 Å². The highest BCUT2D eigenvalue weighted by Crippen LogP contribution is 2.24. The number of hydrogen-bond acceptors (Lipinski definition) is 8. The summed E-state index contributed by atoms with van der Waals surface area (Å²) in [6.07, 6.45) is 0.285. The van der Waals surface area contributed by atoms with Crippen molar-refractivity contribution in [3.63, 3.8) is 0 Å². The van der Waals surface area contributed by atoms with Gasteiger partial charge in [-0.3, -0.25) is 0 Å². The molecule has 158 valence electrons. The third-order valence-corrected chi connectivity index (χ3v) is 6.90. The van der Waals surface area contributed by atoms with E-state index in [2.05, 4.69) is 0 Å². The average Bonchev–Trinajstić information content (AvgIpc) is 2.61. The number of ether oxygens (including phenoxy) is 3. The lowest BCUT2D eigenvalue weighted by Gasteiger charge is -2.32. The van der Waals surface area contributed by atoms with Crippen molar-refractivity contribution in [2.24, 2.45) is 0 Å². The smallest absolute Gasteiger partial charge is 0.396 e. The molecule has 0 saturated heterocycles. The van der Waals surface area contributed by atoms with Gasteiger partial charge in [0.1, 0.15) is 0 Å². The summed E-state index contributed by atoms with van der Waals surface area (Å²) in [5.74, 6) is 0. The summed E-state index contributed by atoms with van der Waals surface area (Å²) in [6, 6.07) is 0. The van der Waals surface area contributed by atoms with Crippen LogP contribution < -0.4 is 0 Å². The predicted molar refractivity (Wildman–Crippen MR) is 100 cm³/mol. The quantitative estimate of drug-likeness (QED) is 0.248. The molecule has 1 atom stereocenters. The first kappa shape index (κ1) is 25.9. The lowest BCUT2D eigenvalue weighted by molar-refractivity contribution is -0.0550. The fourth-order valence-corrected chi connectivity index (χ4v) is 4.71. The van der Waals surface area contributed by atoms with Gasteiger partial charge >= 0.3 is 8.80 Å². The van der Waals surface area contributed by atoms with Crippen LogP contribution in [0.1, 0.15) is 34.1 Å². The number of rotatable bonds is 19. The van der Waals surface area contributed by atoms with Gasteiger partial charge in [0.15, 0.2) is 0 Å². The van der Waals surface area contributed by atoms with Crippen LogP contribution >= 0.6 is 0 Å². The van der Waals surface area contributed by atoms with E-state index in [1.54, 1.807) is 0 Å². The van der Waals surface area contributed by atoms with E-state index in [9.17, 15) is 0 Å². The minimum atomic E-state index is -2.69. The van der Waals surface area contributed by atoms with E-state index in [0.717, 1.165) is 0 Å². The third-order valence-electron chi connectivity index (χ3n) is 3.50. The first-order valence-corrected chi connectivity index (χ1v) is 11.3. The molecule has 0 radical (unpaired) electrons. The van der Waals surface area contributed by atoms with E-state index in [4.69, 9.17) is 37.7 Å². The highest BCUT2D eigenvalue weighted by atomic mass is 28.4. The Morgan fingerprint density at radius 3 is 1.96 bits per heavy atom. The molecule has 2 N–H and O–H groups in total. The van der Waals surface area contributed by atoms with Gasteiger partial charge in [-0.05, 0) is 20.3 Å². The fourth-order valence-electron chi connectivity index (χ4n) is 2.28. The molecule has 0 amide bonds. The van der Waals surface area contributed by atoms with Crippen LogP contribution in [-0.2, 0) is 27.5 Å². The molecular formula is C17H38O8Si. The van der Waals surface area contributed by atoms with E-state index in [0.29, 0.717) is 59.3 Å². The molecule has 26 heavy (non-hydrogen) atoms. The summed E-state index contributed by atoms with van der Waals surface area (Å²) >= 11 is 0. The van der Waals surface area contributed by atoms with Gasteiger partial charge in [-0.2, -0.15) is 0 Å². The van der Waals surface area contributed by atoms with Crippen LogP contribution in [0.2, 0.25) is 5.54 Å². The maximum absolute atomic E-state index is 9.11. The molecule has 0 aromatic carbocycles. The molecule has 9 heteroatoms. The number of aliphatic hydroxyl groups is 2. The fraction of sp³-hybridized carbons (Fsp3) is 1.00. The number of aliphatic hydroxyl groups excluding tert-OH is 2. The van der Waals surface area contributed by atoms with Crippen LogP contribution in [0.4, 0.5) is 0 Å². The van der Waals surface area contributed by atoms with E-state index in [1.807, 2.05) is 27.7 Å². The first-order chi connectivity index (χ1) is 12.6. The molecule has 0 spiro atoms. The van der Waals surface area contributed by atoms with Crippen molar-refractivity contribution < 1.29 is 37.7 Å². The molecule has 0 aromatic rings. The Kier molecular flexibility index (Phi) is 17.0. The minimum Gasteiger partial charge on any atom is -0.396 e. The zero-order valence-corrected chi connectivity index (χ0v) is 17.8. The normalized spacial score (nSPS) is 13.5. The third kappa shape index (κ3) is 11.6. The molecule has 0 aliphatic carbocycles. The molecule has 0 heterocycles. The van der Waals surface area contributed by atoms with E-state index < -0.39 is 8.80 Å². The summed E-state index contributed by atoms with van der Waals surface area (Å²) in [7, 11) is -2.69. The van der Waals surface area contributed by atoms with Crippen molar-refractivity contribution in [2.45, 2.75) is 45.8 Å². The van der Waals surface area contributed by atoms with Crippen LogP contribution in [0, 0.1) is 0 Å². The van der Waals surface area contributed by atoms with Crippen molar-refractivity contribution >= 4 is 8.80 Å². The van der Waals surface area contributed by atoms with Crippen molar-refractivity contribution in [2.75, 3.05) is 66.1 Å². The largest absolute Gasteiger partial charge is 0.503 e. The topological polar surface area (TPSA) is 95.8 Å². The molecule has 1 unspecified atom stereocenters. The summed E-state index contributed by atoms with van der Waals surface area (Å²) in [5, 5.41) is 17.8. The Morgan fingerprint density at radius 1 is 0.769 bits per heavy atom. The highest BCUT2D eigenvalue weighted by Gasteiger charge is 2.44. The summed E-state index contributed by atoms with van der Waals surface area (Å²) in [5.41, 5.74) is 0.173. The molecule has 0 bridgehead atoms. The zero-order chi connectivity index (χ0) is 19.7. The lowest BCUT2D eigenvalue weighted by Crippen LogP contribution is -2.49. The van der Waals surface area contributed by atoms with E-state index in [1.165, 1.54) is 0 Å². The van der Waals surface area contributed by atoms with Crippen molar-refractivity contribution in [1.82, 2.24) is 0 Å². The van der Waals surface area contributed by atoms with Crippen LogP contribution in [0.3, 0.4) is 0 Å². The molecular weight excluding hydrogens is 360 g/mol.